The Morgan fingerprint density at radius 1 is 0.488 bits per heavy atom. The third-order valence-corrected chi connectivity index (χ3v) is 13.6. The van der Waals surface area contributed by atoms with Gasteiger partial charge in [0.25, 0.3) is 8.32 Å². The van der Waals surface area contributed by atoms with E-state index in [9.17, 15) is 0 Å². The first-order valence-corrected chi connectivity index (χ1v) is 19.6. The Morgan fingerprint density at radius 3 is 1.12 bits per heavy atom. The van der Waals surface area contributed by atoms with E-state index in [0.29, 0.717) is 0 Å². The van der Waals surface area contributed by atoms with E-state index >= 15 is 0 Å². The smallest absolute Gasteiger partial charge is 0.295 e. The molecule has 3 heteroatoms. The van der Waals surface area contributed by atoms with Crippen LogP contribution in [0.2, 0.25) is 0 Å². The maximum absolute atomic E-state index is 7.45. The van der Waals surface area contributed by atoms with Crippen molar-refractivity contribution in [3.8, 4) is 0 Å². The molecule has 3 rings (SSSR count). The highest BCUT2D eigenvalue weighted by Crippen LogP contribution is 2.19. The fourth-order valence-corrected chi connectivity index (χ4v) is 10.6. The van der Waals surface area contributed by atoms with Gasteiger partial charge in [-0.2, -0.15) is 0 Å². The SMILES string of the molecule is CCCCCCCCCCCCCCCCCC[N+](C)(C)C(C)O[Si](c1ccccc1)(c1ccccc1)c1ccccc1. The molecule has 0 aromatic heterocycles. The van der Waals surface area contributed by atoms with Crippen LogP contribution < -0.4 is 15.6 Å². The van der Waals surface area contributed by atoms with E-state index in [1.807, 2.05) is 0 Å². The Hall–Kier alpha value is -2.20. The molecule has 0 saturated heterocycles. The maximum atomic E-state index is 7.45. The largest absolute Gasteiger partial charge is 0.357 e. The zero-order valence-corrected chi connectivity index (χ0v) is 29.1. The Kier molecular flexibility index (Phi) is 16.4. The van der Waals surface area contributed by atoms with E-state index in [0.717, 1.165) is 11.0 Å². The van der Waals surface area contributed by atoms with E-state index in [1.54, 1.807) is 0 Å². The molecular weight excluding hydrogens is 539 g/mol. The summed E-state index contributed by atoms with van der Waals surface area (Å²) in [5, 5.41) is 3.92. The molecule has 0 fully saturated rings. The number of hydrogen-bond acceptors (Lipinski definition) is 1. The lowest BCUT2D eigenvalue weighted by molar-refractivity contribution is -0.932. The van der Waals surface area contributed by atoms with Crippen LogP contribution in [-0.4, -0.2) is 39.7 Å². The standard InChI is InChI=1S/C40H62NOSi/c1-5-6-7-8-9-10-11-12-13-14-15-16-17-18-19-29-36-41(3,4)37(2)42-43(38-30-23-20-24-31-38,39-32-25-21-26-33-39)40-34-27-22-28-35-40/h20-28,30-35,37H,5-19,29,36H2,1-4H3/q+1. The third kappa shape index (κ3) is 11.7. The fraction of sp³-hybridized carbons (Fsp3) is 0.550. The summed E-state index contributed by atoms with van der Waals surface area (Å²) in [5.41, 5.74) is 0. The molecule has 3 aromatic rings. The summed E-state index contributed by atoms with van der Waals surface area (Å²) in [5.74, 6) is 0. The summed E-state index contributed by atoms with van der Waals surface area (Å²) in [6.07, 6.45) is 22.6. The van der Waals surface area contributed by atoms with Gasteiger partial charge in [-0.15, -0.1) is 0 Å². The fourth-order valence-electron chi connectivity index (χ4n) is 6.37. The van der Waals surface area contributed by atoms with Crippen molar-refractivity contribution in [2.24, 2.45) is 0 Å². The molecule has 0 heterocycles. The first kappa shape index (κ1) is 35.3. The molecule has 3 aromatic carbocycles. The molecule has 0 aliphatic rings. The van der Waals surface area contributed by atoms with Crippen LogP contribution in [0.25, 0.3) is 0 Å². The van der Waals surface area contributed by atoms with Crippen molar-refractivity contribution < 1.29 is 8.91 Å². The molecule has 0 N–H and O–H groups in total. The van der Waals surface area contributed by atoms with Crippen molar-refractivity contribution in [1.29, 1.82) is 0 Å². The lowest BCUT2D eigenvalue weighted by Gasteiger charge is -2.42. The molecule has 0 amide bonds. The highest BCUT2D eigenvalue weighted by molar-refractivity contribution is 7.07. The molecule has 0 aliphatic heterocycles. The van der Waals surface area contributed by atoms with Gasteiger partial charge in [0.15, 0.2) is 6.23 Å². The number of unbranched alkanes of at least 4 members (excludes halogenated alkanes) is 15. The molecular formula is C40H62NOSi+. The van der Waals surface area contributed by atoms with Gasteiger partial charge >= 0.3 is 0 Å². The van der Waals surface area contributed by atoms with Crippen molar-refractivity contribution in [3.05, 3.63) is 91.0 Å². The van der Waals surface area contributed by atoms with Crippen molar-refractivity contribution in [2.45, 2.75) is 123 Å². The highest BCUT2D eigenvalue weighted by Gasteiger charge is 2.45. The summed E-state index contributed by atoms with van der Waals surface area (Å²) in [7, 11) is 2.01. The molecule has 236 valence electrons. The van der Waals surface area contributed by atoms with Crippen LogP contribution in [0.15, 0.2) is 91.0 Å². The third-order valence-electron chi connectivity index (χ3n) is 9.46. The Labute approximate surface area is 266 Å². The van der Waals surface area contributed by atoms with E-state index in [1.165, 1.54) is 118 Å². The lowest BCUT2D eigenvalue weighted by atomic mass is 10.0. The van der Waals surface area contributed by atoms with Crippen molar-refractivity contribution >= 4 is 23.9 Å². The summed E-state index contributed by atoms with van der Waals surface area (Å²) in [6, 6.07) is 32.9. The normalized spacial score (nSPS) is 12.8. The Balaban J connectivity index is 1.45. The summed E-state index contributed by atoms with van der Waals surface area (Å²) in [6.45, 7) is 5.74. The predicted molar refractivity (Wildman–Crippen MR) is 191 cm³/mol. The van der Waals surface area contributed by atoms with E-state index in [-0.39, 0.29) is 6.23 Å². The molecule has 0 bridgehead atoms. The molecule has 1 atom stereocenters. The molecule has 0 radical (unpaired) electrons. The van der Waals surface area contributed by atoms with E-state index in [2.05, 4.69) is 119 Å². The van der Waals surface area contributed by atoms with Gasteiger partial charge in [-0.25, -0.2) is 0 Å². The van der Waals surface area contributed by atoms with Gasteiger partial charge in [-0.3, -0.25) is 0 Å². The van der Waals surface area contributed by atoms with Gasteiger partial charge in [0, 0.05) is 6.92 Å². The number of hydrogen-bond donors (Lipinski definition) is 0. The molecule has 1 unspecified atom stereocenters. The van der Waals surface area contributed by atoms with E-state index in [4.69, 9.17) is 4.43 Å². The van der Waals surface area contributed by atoms with Crippen LogP contribution in [0.4, 0.5) is 0 Å². The minimum absolute atomic E-state index is 0.0728. The Bertz CT molecular complexity index is 989. The average molecular weight is 601 g/mol. The van der Waals surface area contributed by atoms with Crippen LogP contribution in [0.1, 0.15) is 117 Å². The number of quaternary nitrogens is 1. The molecule has 0 aliphatic carbocycles. The van der Waals surface area contributed by atoms with Crippen molar-refractivity contribution in [3.63, 3.8) is 0 Å². The second-order valence-corrected chi connectivity index (χ2v) is 16.6. The first-order valence-electron chi connectivity index (χ1n) is 17.7. The molecule has 43 heavy (non-hydrogen) atoms. The molecule has 0 saturated carbocycles. The highest BCUT2D eigenvalue weighted by atomic mass is 28.4. The second-order valence-electron chi connectivity index (χ2n) is 13.3. The van der Waals surface area contributed by atoms with Crippen LogP contribution in [-0.2, 0) is 4.43 Å². The predicted octanol–water partition coefficient (Wildman–Crippen LogP) is 9.35. The van der Waals surface area contributed by atoms with Gasteiger partial charge in [-0.05, 0) is 28.4 Å². The molecule has 0 spiro atoms. The zero-order chi connectivity index (χ0) is 30.6. The van der Waals surface area contributed by atoms with Gasteiger partial charge < -0.3 is 8.91 Å². The average Bonchev–Trinajstić information content (AvgIpc) is 3.04. The number of nitrogens with zero attached hydrogens (tertiary/aromatic N) is 1. The van der Waals surface area contributed by atoms with Crippen LogP contribution in [0, 0.1) is 0 Å². The zero-order valence-electron chi connectivity index (χ0n) is 28.1. The van der Waals surface area contributed by atoms with Gasteiger partial charge in [0.2, 0.25) is 0 Å². The second kappa shape index (κ2) is 19.9. The molecule has 2 nitrogen and oxygen atoms in total. The van der Waals surface area contributed by atoms with Gasteiger partial charge in [0.1, 0.15) is 0 Å². The van der Waals surface area contributed by atoms with Crippen molar-refractivity contribution in [1.82, 2.24) is 0 Å². The van der Waals surface area contributed by atoms with Crippen molar-refractivity contribution in [2.75, 3.05) is 20.6 Å². The monoisotopic (exact) mass is 600 g/mol. The Morgan fingerprint density at radius 2 is 0.791 bits per heavy atom. The minimum Gasteiger partial charge on any atom is -0.357 e. The van der Waals surface area contributed by atoms with Crippen LogP contribution in [0.3, 0.4) is 0 Å². The summed E-state index contributed by atoms with van der Waals surface area (Å²) in [4.78, 5) is 0. The number of rotatable bonds is 23. The van der Waals surface area contributed by atoms with Crippen LogP contribution >= 0.6 is 0 Å². The maximum Gasteiger partial charge on any atom is 0.295 e. The number of benzene rings is 3. The first-order chi connectivity index (χ1) is 21.0. The van der Waals surface area contributed by atoms with Gasteiger partial charge in [0.05, 0.1) is 20.6 Å². The topological polar surface area (TPSA) is 9.23 Å². The van der Waals surface area contributed by atoms with Crippen LogP contribution in [0.5, 0.6) is 0 Å². The lowest BCUT2D eigenvalue weighted by Crippen LogP contribution is -2.72. The van der Waals surface area contributed by atoms with E-state index < -0.39 is 8.32 Å². The quantitative estimate of drug-likeness (QED) is 0.0346. The van der Waals surface area contributed by atoms with Gasteiger partial charge in [-0.1, -0.05) is 188 Å². The minimum atomic E-state index is -2.70. The summed E-state index contributed by atoms with van der Waals surface area (Å²) >= 11 is 0. The summed E-state index contributed by atoms with van der Waals surface area (Å²) < 4.78 is 8.33.